The van der Waals surface area contributed by atoms with Crippen molar-refractivity contribution < 1.29 is 0 Å². The van der Waals surface area contributed by atoms with Crippen molar-refractivity contribution in [2.75, 3.05) is 5.73 Å². The van der Waals surface area contributed by atoms with Gasteiger partial charge in [0.25, 0.3) is 0 Å². The average molecular weight is 146 g/mol. The molecule has 56 valence electrons. The van der Waals surface area contributed by atoms with E-state index in [-0.39, 0.29) is 0 Å². The summed E-state index contributed by atoms with van der Waals surface area (Å²) in [6.45, 7) is 10.7. The minimum Gasteiger partial charge on any atom is -0.399 e. The number of nitrogens with two attached hydrogens (primary N) is 1. The molecule has 1 rings (SSSR count). The zero-order valence-corrected chi connectivity index (χ0v) is 6.68. The van der Waals surface area contributed by atoms with Gasteiger partial charge in [-0.05, 0) is 37.1 Å². The van der Waals surface area contributed by atoms with Gasteiger partial charge in [-0.15, -0.1) is 0 Å². The fourth-order valence-electron chi connectivity index (χ4n) is 1.17. The first-order chi connectivity index (χ1) is 5.15. The normalized spacial score (nSPS) is 9.18. The minimum absolute atomic E-state index is 0.721. The van der Waals surface area contributed by atoms with E-state index < -0.39 is 0 Å². The maximum Gasteiger partial charge on any atom is 0.193 e. The number of hydrogen-bond donors (Lipinski definition) is 1. The van der Waals surface area contributed by atoms with E-state index in [0.29, 0.717) is 0 Å². The van der Waals surface area contributed by atoms with E-state index >= 15 is 0 Å². The van der Waals surface area contributed by atoms with Gasteiger partial charge in [0.2, 0.25) is 0 Å². The number of nitrogens with zero attached hydrogens (tertiary/aromatic N) is 1. The molecule has 0 atom stereocenters. The van der Waals surface area contributed by atoms with Crippen LogP contribution in [0.25, 0.3) is 4.85 Å². The van der Waals surface area contributed by atoms with Crippen molar-refractivity contribution in [1.82, 2.24) is 0 Å². The van der Waals surface area contributed by atoms with Crippen LogP contribution in [-0.4, -0.2) is 0 Å². The maximum atomic E-state index is 6.88. The Kier molecular flexibility index (Phi) is 1.82. The third kappa shape index (κ3) is 1.32. The molecule has 1 aromatic carbocycles. The lowest BCUT2D eigenvalue weighted by Gasteiger charge is -2.02. The fourth-order valence-corrected chi connectivity index (χ4v) is 1.17. The van der Waals surface area contributed by atoms with Crippen molar-refractivity contribution in [3.63, 3.8) is 0 Å². The second-order valence-electron chi connectivity index (χ2n) is 2.62. The molecule has 2 heteroatoms. The number of hydrogen-bond acceptors (Lipinski definition) is 1. The summed E-state index contributed by atoms with van der Waals surface area (Å²) in [4.78, 5) is 3.41. The molecule has 0 fully saturated rings. The largest absolute Gasteiger partial charge is 0.399 e. The SMILES string of the molecule is [C-]#[N+]c1c(C)cc(N)cc1C. The van der Waals surface area contributed by atoms with Gasteiger partial charge in [-0.1, -0.05) is 0 Å². The molecule has 0 aliphatic carbocycles. The highest BCUT2D eigenvalue weighted by atomic mass is 14.7. The Labute approximate surface area is 66.5 Å². The first-order valence-corrected chi connectivity index (χ1v) is 3.39. The molecular weight excluding hydrogens is 136 g/mol. The molecule has 2 nitrogen and oxygen atoms in total. The lowest BCUT2D eigenvalue weighted by atomic mass is 10.1. The van der Waals surface area contributed by atoms with Crippen LogP contribution in [-0.2, 0) is 0 Å². The molecule has 0 unspecified atom stereocenters. The predicted octanol–water partition coefficient (Wildman–Crippen LogP) is 2.44. The van der Waals surface area contributed by atoms with Gasteiger partial charge in [-0.3, -0.25) is 0 Å². The lowest BCUT2D eigenvalue weighted by Crippen LogP contribution is -1.87. The molecule has 0 heterocycles. The first kappa shape index (κ1) is 7.62. The summed E-state index contributed by atoms with van der Waals surface area (Å²) in [6.07, 6.45) is 0. The number of nitrogen functional groups attached to an aromatic ring is 1. The summed E-state index contributed by atoms with van der Waals surface area (Å²) in [5, 5.41) is 0. The van der Waals surface area contributed by atoms with Gasteiger partial charge in [-0.25, -0.2) is 4.85 Å². The zero-order chi connectivity index (χ0) is 8.43. The summed E-state index contributed by atoms with van der Waals surface area (Å²) in [7, 11) is 0. The fraction of sp³-hybridized carbons (Fsp3) is 0.222. The second-order valence-corrected chi connectivity index (χ2v) is 2.62. The summed E-state index contributed by atoms with van der Waals surface area (Å²) in [5.41, 5.74) is 8.94. The van der Waals surface area contributed by atoms with E-state index in [9.17, 15) is 0 Å². The molecule has 0 saturated heterocycles. The Hall–Kier alpha value is -1.49. The smallest absolute Gasteiger partial charge is 0.193 e. The monoisotopic (exact) mass is 146 g/mol. The van der Waals surface area contributed by atoms with Crippen LogP contribution >= 0.6 is 0 Å². The number of benzene rings is 1. The quantitative estimate of drug-likeness (QED) is 0.442. The molecular formula is C9H10N2. The van der Waals surface area contributed by atoms with Crippen LogP contribution in [0, 0.1) is 20.4 Å². The summed E-state index contributed by atoms with van der Waals surface area (Å²) in [6, 6.07) is 3.64. The van der Waals surface area contributed by atoms with Gasteiger partial charge in [-0.2, -0.15) is 0 Å². The number of aryl methyl sites for hydroxylation is 2. The molecule has 0 amide bonds. The van der Waals surface area contributed by atoms with Gasteiger partial charge in [0.15, 0.2) is 5.69 Å². The van der Waals surface area contributed by atoms with E-state index in [1.54, 1.807) is 0 Å². The van der Waals surface area contributed by atoms with E-state index in [1.807, 2.05) is 26.0 Å². The van der Waals surface area contributed by atoms with Crippen LogP contribution in [0.1, 0.15) is 11.1 Å². The Bertz CT molecular complexity index is 298. The Morgan fingerprint density at radius 1 is 1.27 bits per heavy atom. The molecule has 0 aliphatic rings. The van der Waals surface area contributed by atoms with Gasteiger partial charge in [0, 0.05) is 5.69 Å². The van der Waals surface area contributed by atoms with Crippen molar-refractivity contribution >= 4 is 11.4 Å². The van der Waals surface area contributed by atoms with Crippen molar-refractivity contribution in [3.8, 4) is 0 Å². The summed E-state index contributed by atoms with van der Waals surface area (Å²) < 4.78 is 0. The highest BCUT2D eigenvalue weighted by Crippen LogP contribution is 2.25. The molecule has 0 radical (unpaired) electrons. The van der Waals surface area contributed by atoms with E-state index in [2.05, 4.69) is 4.85 Å². The van der Waals surface area contributed by atoms with Crippen molar-refractivity contribution in [1.29, 1.82) is 0 Å². The molecule has 0 bridgehead atoms. The second kappa shape index (κ2) is 2.63. The maximum absolute atomic E-state index is 6.88. The molecule has 0 aromatic heterocycles. The van der Waals surface area contributed by atoms with Crippen molar-refractivity contribution in [3.05, 3.63) is 34.7 Å². The molecule has 0 aliphatic heterocycles. The molecule has 0 saturated carbocycles. The molecule has 0 spiro atoms. The third-order valence-electron chi connectivity index (χ3n) is 1.63. The van der Waals surface area contributed by atoms with Crippen molar-refractivity contribution in [2.24, 2.45) is 0 Å². The van der Waals surface area contributed by atoms with E-state index in [4.69, 9.17) is 12.3 Å². The zero-order valence-electron chi connectivity index (χ0n) is 6.68. The number of rotatable bonds is 0. The Balaban J connectivity index is 3.40. The lowest BCUT2D eigenvalue weighted by molar-refractivity contribution is 1.41. The highest BCUT2D eigenvalue weighted by molar-refractivity contribution is 5.63. The van der Waals surface area contributed by atoms with Gasteiger partial charge in [0.1, 0.15) is 0 Å². The topological polar surface area (TPSA) is 30.4 Å². The first-order valence-electron chi connectivity index (χ1n) is 3.39. The van der Waals surface area contributed by atoms with Crippen molar-refractivity contribution in [2.45, 2.75) is 13.8 Å². The highest BCUT2D eigenvalue weighted by Gasteiger charge is 2.01. The van der Waals surface area contributed by atoms with Gasteiger partial charge >= 0.3 is 0 Å². The summed E-state index contributed by atoms with van der Waals surface area (Å²) in [5.74, 6) is 0. The van der Waals surface area contributed by atoms with Crippen LogP contribution in [0.4, 0.5) is 11.4 Å². The molecule has 1 aromatic rings. The van der Waals surface area contributed by atoms with Crippen LogP contribution in [0.3, 0.4) is 0 Å². The standard InChI is InChI=1S/C9H10N2/c1-6-4-8(10)5-7(2)9(6)11-3/h4-5H,10H2,1-2H3. The minimum atomic E-state index is 0.721. The van der Waals surface area contributed by atoms with Crippen LogP contribution in [0.2, 0.25) is 0 Å². The van der Waals surface area contributed by atoms with E-state index in [1.165, 1.54) is 0 Å². The molecule has 11 heavy (non-hydrogen) atoms. The predicted molar refractivity (Wildman–Crippen MR) is 46.6 cm³/mol. The average Bonchev–Trinajstić information content (AvgIpc) is 1.85. The third-order valence-corrected chi connectivity index (χ3v) is 1.63. The van der Waals surface area contributed by atoms with Crippen LogP contribution in [0.15, 0.2) is 12.1 Å². The van der Waals surface area contributed by atoms with Gasteiger partial charge in [0.05, 0.1) is 6.57 Å². The van der Waals surface area contributed by atoms with Gasteiger partial charge < -0.3 is 5.73 Å². The Morgan fingerprint density at radius 2 is 1.73 bits per heavy atom. The number of anilines is 1. The summed E-state index contributed by atoms with van der Waals surface area (Å²) >= 11 is 0. The molecule has 2 N–H and O–H groups in total. The Morgan fingerprint density at radius 3 is 2.09 bits per heavy atom. The van der Waals surface area contributed by atoms with Crippen LogP contribution < -0.4 is 5.73 Å². The van der Waals surface area contributed by atoms with E-state index in [0.717, 1.165) is 22.5 Å². The van der Waals surface area contributed by atoms with Crippen LogP contribution in [0.5, 0.6) is 0 Å².